The Labute approximate surface area is 111 Å². The van der Waals surface area contributed by atoms with E-state index in [1.807, 2.05) is 0 Å². The maximum absolute atomic E-state index is 12.9. The Bertz CT molecular complexity index is 570. The summed E-state index contributed by atoms with van der Waals surface area (Å²) in [4.78, 5) is 11.6. The van der Waals surface area contributed by atoms with E-state index in [0.717, 1.165) is 6.07 Å². The summed E-state index contributed by atoms with van der Waals surface area (Å²) in [5, 5.41) is 2.37. The number of anilines is 2. The number of carbonyl (C=O) groups excluding carboxylic acids is 1. The van der Waals surface area contributed by atoms with Gasteiger partial charge >= 0.3 is 0 Å². The summed E-state index contributed by atoms with van der Waals surface area (Å²) in [5.74, 6) is -1.94. The fourth-order valence-corrected chi connectivity index (χ4v) is 3.19. The molecule has 0 heterocycles. The van der Waals surface area contributed by atoms with Crippen molar-refractivity contribution in [3.8, 4) is 0 Å². The lowest BCUT2D eigenvalue weighted by molar-refractivity contribution is -0.113. The molecule has 106 valence electrons. The van der Waals surface area contributed by atoms with Gasteiger partial charge in [0.05, 0.1) is 11.4 Å². The van der Waals surface area contributed by atoms with Crippen molar-refractivity contribution in [3.05, 3.63) is 24.0 Å². The molecule has 1 amide bonds. The Kier molecular flexibility index (Phi) is 4.88. The van der Waals surface area contributed by atoms with E-state index in [0.29, 0.717) is 0 Å². The van der Waals surface area contributed by atoms with Gasteiger partial charge in [0.2, 0.25) is 5.91 Å². The number of hydrogen-bond donors (Lipinski definition) is 2. The van der Waals surface area contributed by atoms with Crippen molar-refractivity contribution in [2.45, 2.75) is 13.8 Å². The van der Waals surface area contributed by atoms with Crippen LogP contribution < -0.4 is 11.1 Å². The lowest BCUT2D eigenvalue weighted by Gasteiger charge is -2.08. The van der Waals surface area contributed by atoms with Crippen LogP contribution in [0.2, 0.25) is 0 Å². The van der Waals surface area contributed by atoms with E-state index >= 15 is 0 Å². The minimum atomic E-state index is -3.44. The largest absolute Gasteiger partial charge is 0.396 e. The second-order valence-electron chi connectivity index (χ2n) is 4.73. The summed E-state index contributed by atoms with van der Waals surface area (Å²) in [6.45, 7) is 3.52. The molecule has 0 fully saturated rings. The van der Waals surface area contributed by atoms with Gasteiger partial charge in [-0.25, -0.2) is 12.8 Å². The summed E-state index contributed by atoms with van der Waals surface area (Å²) < 4.78 is 36.2. The fraction of sp³-hybridized carbons (Fsp3) is 0.417. The third-order valence-electron chi connectivity index (χ3n) is 2.22. The first-order valence-electron chi connectivity index (χ1n) is 5.75. The second-order valence-corrected chi connectivity index (χ2v) is 6.84. The van der Waals surface area contributed by atoms with Crippen molar-refractivity contribution < 1.29 is 17.6 Å². The monoisotopic (exact) mass is 288 g/mol. The maximum Gasteiger partial charge on any atom is 0.239 e. The highest BCUT2D eigenvalue weighted by atomic mass is 32.2. The molecule has 0 aliphatic heterocycles. The molecular weight excluding hydrogens is 271 g/mol. The highest BCUT2D eigenvalue weighted by molar-refractivity contribution is 7.92. The highest BCUT2D eigenvalue weighted by Crippen LogP contribution is 2.16. The third kappa shape index (κ3) is 5.25. The average Bonchev–Trinajstić information content (AvgIpc) is 2.20. The zero-order chi connectivity index (χ0) is 14.6. The molecule has 3 N–H and O–H groups in total. The van der Waals surface area contributed by atoms with Gasteiger partial charge in [-0.2, -0.15) is 0 Å². The Balaban J connectivity index is 2.68. The molecule has 0 saturated heterocycles. The van der Waals surface area contributed by atoms with Crippen LogP contribution in [0.5, 0.6) is 0 Å². The Morgan fingerprint density at radius 3 is 2.58 bits per heavy atom. The predicted molar refractivity (Wildman–Crippen MR) is 72.9 cm³/mol. The number of nitrogens with one attached hydrogen (secondary N) is 1. The smallest absolute Gasteiger partial charge is 0.239 e. The highest BCUT2D eigenvalue weighted by Gasteiger charge is 2.18. The molecule has 0 aromatic heterocycles. The zero-order valence-electron chi connectivity index (χ0n) is 10.8. The minimum absolute atomic E-state index is 0.0423. The summed E-state index contributed by atoms with van der Waals surface area (Å²) in [5.41, 5.74) is 5.50. The van der Waals surface area contributed by atoms with Gasteiger partial charge in [-0.3, -0.25) is 4.79 Å². The van der Waals surface area contributed by atoms with Crippen LogP contribution in [0, 0.1) is 11.7 Å². The van der Waals surface area contributed by atoms with E-state index < -0.39 is 27.3 Å². The van der Waals surface area contributed by atoms with Gasteiger partial charge in [0.15, 0.2) is 9.84 Å². The van der Waals surface area contributed by atoms with Gasteiger partial charge in [0.25, 0.3) is 0 Å². The van der Waals surface area contributed by atoms with Gasteiger partial charge in [-0.05, 0) is 24.1 Å². The van der Waals surface area contributed by atoms with Gasteiger partial charge in [0.1, 0.15) is 11.6 Å². The van der Waals surface area contributed by atoms with E-state index in [2.05, 4.69) is 5.32 Å². The molecule has 1 rings (SSSR count). The third-order valence-corrected chi connectivity index (χ3v) is 4.09. The Hall–Kier alpha value is -1.63. The number of hydrogen-bond acceptors (Lipinski definition) is 4. The van der Waals surface area contributed by atoms with Crippen LogP contribution in [0.15, 0.2) is 18.2 Å². The van der Waals surface area contributed by atoms with Gasteiger partial charge in [-0.1, -0.05) is 13.8 Å². The van der Waals surface area contributed by atoms with E-state index in [-0.39, 0.29) is 23.0 Å². The lowest BCUT2D eigenvalue weighted by atomic mass is 10.2. The minimum Gasteiger partial charge on any atom is -0.396 e. The van der Waals surface area contributed by atoms with Crippen molar-refractivity contribution in [2.24, 2.45) is 5.92 Å². The van der Waals surface area contributed by atoms with Crippen molar-refractivity contribution in [2.75, 3.05) is 22.6 Å². The number of benzene rings is 1. The maximum atomic E-state index is 12.9. The van der Waals surface area contributed by atoms with E-state index in [1.54, 1.807) is 13.8 Å². The van der Waals surface area contributed by atoms with E-state index in [1.165, 1.54) is 12.1 Å². The van der Waals surface area contributed by atoms with Crippen molar-refractivity contribution >= 4 is 27.1 Å². The Morgan fingerprint density at radius 2 is 2.05 bits per heavy atom. The lowest BCUT2D eigenvalue weighted by Crippen LogP contribution is -2.26. The van der Waals surface area contributed by atoms with E-state index in [9.17, 15) is 17.6 Å². The molecule has 0 aliphatic carbocycles. The number of carbonyl (C=O) groups is 1. The quantitative estimate of drug-likeness (QED) is 0.802. The van der Waals surface area contributed by atoms with Crippen LogP contribution in [0.4, 0.5) is 15.8 Å². The summed E-state index contributed by atoms with van der Waals surface area (Å²) >= 11 is 0. The van der Waals surface area contributed by atoms with Gasteiger partial charge in [0, 0.05) is 5.69 Å². The van der Waals surface area contributed by atoms with Gasteiger partial charge in [-0.15, -0.1) is 0 Å². The summed E-state index contributed by atoms with van der Waals surface area (Å²) in [7, 11) is -3.44. The fourth-order valence-electron chi connectivity index (χ4n) is 1.59. The standard InChI is InChI=1S/C12H17FN2O3S/c1-8(2)6-19(17,18)7-12(16)15-9-3-4-10(13)11(14)5-9/h3-5,8H,6-7,14H2,1-2H3,(H,15,16). The SMILES string of the molecule is CC(C)CS(=O)(=O)CC(=O)Nc1ccc(F)c(N)c1. The molecule has 0 bridgehead atoms. The van der Waals surface area contributed by atoms with Crippen LogP contribution in [0.25, 0.3) is 0 Å². The van der Waals surface area contributed by atoms with Crippen molar-refractivity contribution in [3.63, 3.8) is 0 Å². The number of amides is 1. The number of sulfone groups is 1. The molecule has 0 spiro atoms. The molecule has 0 aliphatic rings. The summed E-state index contributed by atoms with van der Waals surface area (Å²) in [6.07, 6.45) is 0. The zero-order valence-corrected chi connectivity index (χ0v) is 11.6. The first-order chi connectivity index (χ1) is 8.69. The molecule has 7 heteroatoms. The van der Waals surface area contributed by atoms with E-state index in [4.69, 9.17) is 5.73 Å². The molecule has 19 heavy (non-hydrogen) atoms. The van der Waals surface area contributed by atoms with Crippen LogP contribution >= 0.6 is 0 Å². The topological polar surface area (TPSA) is 89.3 Å². The number of nitrogens with two attached hydrogens (primary N) is 1. The van der Waals surface area contributed by atoms with Crippen LogP contribution in [0.3, 0.4) is 0 Å². The number of halogens is 1. The van der Waals surface area contributed by atoms with Crippen LogP contribution in [-0.4, -0.2) is 25.8 Å². The van der Waals surface area contributed by atoms with Gasteiger partial charge < -0.3 is 11.1 Å². The average molecular weight is 288 g/mol. The Morgan fingerprint density at radius 1 is 1.42 bits per heavy atom. The normalized spacial score (nSPS) is 11.6. The molecule has 0 radical (unpaired) electrons. The first kappa shape index (κ1) is 15.4. The van der Waals surface area contributed by atoms with Crippen LogP contribution in [0.1, 0.15) is 13.8 Å². The number of nitrogen functional groups attached to an aromatic ring is 1. The van der Waals surface area contributed by atoms with Crippen molar-refractivity contribution in [1.29, 1.82) is 0 Å². The molecule has 1 aromatic rings. The second kappa shape index (κ2) is 6.01. The molecule has 0 saturated carbocycles. The predicted octanol–water partition coefficient (Wildman–Crippen LogP) is 1.42. The van der Waals surface area contributed by atoms with Crippen LogP contribution in [-0.2, 0) is 14.6 Å². The van der Waals surface area contributed by atoms with Crippen molar-refractivity contribution in [1.82, 2.24) is 0 Å². The molecule has 5 nitrogen and oxygen atoms in total. The molecule has 0 unspecified atom stereocenters. The molecule has 0 atom stereocenters. The summed E-state index contributed by atoms with van der Waals surface area (Å²) in [6, 6.07) is 3.66. The first-order valence-corrected chi connectivity index (χ1v) is 7.57. The molecular formula is C12H17FN2O3S. The molecule has 1 aromatic carbocycles. The number of rotatable bonds is 5.